The van der Waals surface area contributed by atoms with Gasteiger partial charge in [-0.25, -0.2) is 4.39 Å². The number of nitrogens with zero attached hydrogens (tertiary/aromatic N) is 1. The number of methoxy groups -OCH3 is 1. The largest absolute Gasteiger partial charge is 0.494 e. The van der Waals surface area contributed by atoms with E-state index in [4.69, 9.17) is 9.57 Å². The monoisotopic (exact) mass is 255 g/mol. The van der Waals surface area contributed by atoms with Crippen LogP contribution in [0.1, 0.15) is 26.3 Å². The zero-order valence-corrected chi connectivity index (χ0v) is 11.3. The third kappa shape index (κ3) is 3.20. The minimum Gasteiger partial charge on any atom is -0.494 e. The van der Waals surface area contributed by atoms with E-state index in [9.17, 15) is 9.18 Å². The van der Waals surface area contributed by atoms with Gasteiger partial charge in [-0.3, -0.25) is 9.63 Å². The van der Waals surface area contributed by atoms with Crippen LogP contribution in [0.5, 0.6) is 5.75 Å². The van der Waals surface area contributed by atoms with E-state index in [0.717, 1.165) is 5.06 Å². The molecule has 0 saturated heterocycles. The third-order valence-electron chi connectivity index (χ3n) is 2.24. The van der Waals surface area contributed by atoms with E-state index in [-0.39, 0.29) is 5.69 Å². The van der Waals surface area contributed by atoms with E-state index in [0.29, 0.717) is 17.7 Å². The molecule has 0 aliphatic rings. The van der Waals surface area contributed by atoms with E-state index in [1.54, 1.807) is 27.7 Å². The summed E-state index contributed by atoms with van der Waals surface area (Å²) < 4.78 is 18.7. The van der Waals surface area contributed by atoms with Gasteiger partial charge in [-0.05, 0) is 39.8 Å². The summed E-state index contributed by atoms with van der Waals surface area (Å²) in [6, 6.07) is 2.75. The predicted octanol–water partition coefficient (Wildman–Crippen LogP) is 2.84. The number of amides is 1. The van der Waals surface area contributed by atoms with Crippen LogP contribution in [0.4, 0.5) is 10.1 Å². The third-order valence-corrected chi connectivity index (χ3v) is 2.24. The number of carbonyl (C=O) groups excluding carboxylic acids is 1. The number of ether oxygens (including phenoxy) is 1. The minimum absolute atomic E-state index is 0.280. The van der Waals surface area contributed by atoms with Gasteiger partial charge in [0.25, 0.3) is 0 Å². The first-order valence-electron chi connectivity index (χ1n) is 5.57. The molecule has 0 unspecified atom stereocenters. The first-order chi connectivity index (χ1) is 8.30. The highest BCUT2D eigenvalue weighted by atomic mass is 19.1. The second-order valence-corrected chi connectivity index (χ2v) is 4.86. The van der Waals surface area contributed by atoms with Crippen molar-refractivity contribution < 1.29 is 18.8 Å². The Labute approximate surface area is 106 Å². The molecule has 0 N–H and O–H groups in total. The number of halogens is 1. The summed E-state index contributed by atoms with van der Waals surface area (Å²) in [5.41, 5.74) is -0.00172. The molecule has 0 radical (unpaired) electrons. The lowest BCUT2D eigenvalue weighted by Gasteiger charge is -2.28. The second kappa shape index (κ2) is 5.35. The number of hydrogen-bond donors (Lipinski definition) is 0. The first-order valence-corrected chi connectivity index (χ1v) is 5.57. The molecule has 1 aromatic rings. The predicted molar refractivity (Wildman–Crippen MR) is 67.1 cm³/mol. The van der Waals surface area contributed by atoms with Gasteiger partial charge in [0, 0.05) is 5.56 Å². The Hall–Kier alpha value is -1.62. The van der Waals surface area contributed by atoms with Crippen molar-refractivity contribution in [1.29, 1.82) is 0 Å². The molecule has 18 heavy (non-hydrogen) atoms. The zero-order chi connectivity index (χ0) is 13.9. The number of rotatable bonds is 4. The van der Waals surface area contributed by atoms with E-state index < -0.39 is 11.4 Å². The average Bonchev–Trinajstić information content (AvgIpc) is 2.28. The molecule has 0 aliphatic heterocycles. The molecule has 0 spiro atoms. The molecule has 1 aromatic carbocycles. The molecule has 0 atom stereocenters. The van der Waals surface area contributed by atoms with Crippen molar-refractivity contribution in [3.63, 3.8) is 0 Å². The molecule has 0 aromatic heterocycles. The van der Waals surface area contributed by atoms with Crippen molar-refractivity contribution in [2.24, 2.45) is 0 Å². The SMILES string of the molecule is COc1ccc(F)c(C)c1N(C=O)OC(C)(C)C. The number of benzene rings is 1. The normalized spacial score (nSPS) is 11.2. The van der Waals surface area contributed by atoms with Crippen molar-refractivity contribution in [1.82, 2.24) is 0 Å². The summed E-state index contributed by atoms with van der Waals surface area (Å²) in [4.78, 5) is 16.6. The summed E-state index contributed by atoms with van der Waals surface area (Å²) in [6.07, 6.45) is 0.496. The maximum absolute atomic E-state index is 13.6. The molecule has 1 amide bonds. The standard InChI is InChI=1S/C13H18FNO3/c1-9-10(14)6-7-11(17-5)12(9)15(8-16)18-13(2,3)4/h6-8H,1-5H3. The molecule has 0 heterocycles. The van der Waals surface area contributed by atoms with Crippen LogP contribution in [0, 0.1) is 12.7 Å². The number of hydroxylamine groups is 1. The Morgan fingerprint density at radius 1 is 1.33 bits per heavy atom. The van der Waals surface area contributed by atoms with Gasteiger partial charge in [0.1, 0.15) is 17.3 Å². The van der Waals surface area contributed by atoms with Gasteiger partial charge in [-0.15, -0.1) is 0 Å². The van der Waals surface area contributed by atoms with Crippen LogP contribution in [0.3, 0.4) is 0 Å². The molecule has 0 saturated carbocycles. The average molecular weight is 255 g/mol. The van der Waals surface area contributed by atoms with E-state index in [2.05, 4.69) is 0 Å². The van der Waals surface area contributed by atoms with Gasteiger partial charge >= 0.3 is 0 Å². The summed E-state index contributed by atoms with van der Waals surface area (Å²) >= 11 is 0. The highest BCUT2D eigenvalue weighted by molar-refractivity contribution is 5.78. The number of hydrogen-bond acceptors (Lipinski definition) is 3. The van der Waals surface area contributed by atoms with Gasteiger partial charge < -0.3 is 4.74 Å². The van der Waals surface area contributed by atoms with Gasteiger partial charge in [-0.2, -0.15) is 5.06 Å². The molecular formula is C13H18FNO3. The molecule has 5 heteroatoms. The van der Waals surface area contributed by atoms with Crippen molar-refractivity contribution in [3.05, 3.63) is 23.5 Å². The summed E-state index contributed by atoms with van der Waals surface area (Å²) in [6.45, 7) is 6.95. The van der Waals surface area contributed by atoms with Crippen molar-refractivity contribution >= 4 is 12.1 Å². The van der Waals surface area contributed by atoms with E-state index in [1.165, 1.54) is 19.2 Å². The van der Waals surface area contributed by atoms with Gasteiger partial charge in [0.15, 0.2) is 0 Å². The molecule has 0 aliphatic carbocycles. The lowest BCUT2D eigenvalue weighted by Crippen LogP contribution is -2.33. The van der Waals surface area contributed by atoms with Crippen LogP contribution < -0.4 is 9.80 Å². The quantitative estimate of drug-likeness (QED) is 0.613. The van der Waals surface area contributed by atoms with Crippen molar-refractivity contribution in [2.75, 3.05) is 12.2 Å². The smallest absolute Gasteiger partial charge is 0.238 e. The number of anilines is 1. The van der Waals surface area contributed by atoms with Crippen LogP contribution in [0.2, 0.25) is 0 Å². The number of carbonyl (C=O) groups is 1. The molecule has 0 fully saturated rings. The maximum Gasteiger partial charge on any atom is 0.238 e. The van der Waals surface area contributed by atoms with Crippen LogP contribution in [-0.2, 0) is 9.63 Å². The molecule has 4 nitrogen and oxygen atoms in total. The minimum atomic E-state index is -0.579. The fraction of sp³-hybridized carbons (Fsp3) is 0.462. The lowest BCUT2D eigenvalue weighted by molar-refractivity contribution is -0.120. The fourth-order valence-corrected chi connectivity index (χ4v) is 1.50. The van der Waals surface area contributed by atoms with Gasteiger partial charge in [-0.1, -0.05) is 0 Å². The highest BCUT2D eigenvalue weighted by Gasteiger charge is 2.23. The summed E-state index contributed by atoms with van der Waals surface area (Å²) in [5.74, 6) is -0.0413. The highest BCUT2D eigenvalue weighted by Crippen LogP contribution is 2.34. The van der Waals surface area contributed by atoms with Crippen LogP contribution in [0.15, 0.2) is 12.1 Å². The van der Waals surface area contributed by atoms with Crippen LogP contribution >= 0.6 is 0 Å². The first kappa shape index (κ1) is 14.4. The Morgan fingerprint density at radius 2 is 1.94 bits per heavy atom. The van der Waals surface area contributed by atoms with Crippen molar-refractivity contribution in [2.45, 2.75) is 33.3 Å². The maximum atomic E-state index is 13.6. The van der Waals surface area contributed by atoms with Crippen LogP contribution in [0.25, 0.3) is 0 Å². The van der Waals surface area contributed by atoms with E-state index >= 15 is 0 Å². The van der Waals surface area contributed by atoms with Crippen LogP contribution in [-0.4, -0.2) is 19.1 Å². The Kier molecular flexibility index (Phi) is 4.29. The fourth-order valence-electron chi connectivity index (χ4n) is 1.50. The molecular weight excluding hydrogens is 237 g/mol. The Morgan fingerprint density at radius 3 is 2.39 bits per heavy atom. The van der Waals surface area contributed by atoms with E-state index in [1.807, 2.05) is 0 Å². The van der Waals surface area contributed by atoms with Crippen molar-refractivity contribution in [3.8, 4) is 5.75 Å². The van der Waals surface area contributed by atoms with Gasteiger partial charge in [0.05, 0.1) is 12.7 Å². The summed E-state index contributed by atoms with van der Waals surface area (Å²) in [5, 5.41) is 0.997. The summed E-state index contributed by atoms with van der Waals surface area (Å²) in [7, 11) is 1.45. The molecule has 0 bridgehead atoms. The Balaban J connectivity index is 3.27. The lowest BCUT2D eigenvalue weighted by atomic mass is 10.1. The zero-order valence-electron chi connectivity index (χ0n) is 11.3. The topological polar surface area (TPSA) is 38.8 Å². The molecule has 100 valence electrons. The second-order valence-electron chi connectivity index (χ2n) is 4.86. The molecule has 1 rings (SSSR count). The Bertz CT molecular complexity index is 441. The van der Waals surface area contributed by atoms with Gasteiger partial charge in [0.2, 0.25) is 6.41 Å².